The van der Waals surface area contributed by atoms with Gasteiger partial charge in [-0.1, -0.05) is 0 Å². The summed E-state index contributed by atoms with van der Waals surface area (Å²) in [7, 11) is 0. The summed E-state index contributed by atoms with van der Waals surface area (Å²) in [6, 6.07) is 0. The molecule has 98 valence electrons. The van der Waals surface area contributed by atoms with E-state index in [2.05, 4.69) is 19.8 Å². The number of nitrogen functional groups attached to an aromatic ring is 1. The van der Waals surface area contributed by atoms with Gasteiger partial charge in [0, 0.05) is 24.3 Å². The van der Waals surface area contributed by atoms with Crippen molar-refractivity contribution in [2.75, 3.05) is 17.6 Å². The van der Waals surface area contributed by atoms with Crippen molar-refractivity contribution < 1.29 is 13.2 Å². The number of halogens is 3. The summed E-state index contributed by atoms with van der Waals surface area (Å²) in [5, 5.41) is 6.80. The minimum atomic E-state index is -4.51. The Labute approximate surface area is 104 Å². The van der Waals surface area contributed by atoms with Crippen molar-refractivity contribution in [3.8, 4) is 0 Å². The number of nitrogens with two attached hydrogens (primary N) is 1. The molecule has 2 heterocycles. The summed E-state index contributed by atoms with van der Waals surface area (Å²) >= 11 is 0.670. The summed E-state index contributed by atoms with van der Waals surface area (Å²) in [6.07, 6.45) is -1.39. The van der Waals surface area contributed by atoms with Crippen LogP contribution >= 0.6 is 11.5 Å². The first kappa shape index (κ1) is 12.6. The molecule has 0 unspecified atom stereocenters. The molecule has 0 aliphatic rings. The molecule has 18 heavy (non-hydrogen) atoms. The van der Waals surface area contributed by atoms with E-state index in [1.165, 1.54) is 6.20 Å². The Hall–Kier alpha value is -1.84. The van der Waals surface area contributed by atoms with Gasteiger partial charge >= 0.3 is 6.18 Å². The number of nitrogens with zero attached hydrogens (tertiary/aromatic N) is 4. The first-order chi connectivity index (χ1) is 8.45. The molecule has 6 nitrogen and oxygen atoms in total. The van der Waals surface area contributed by atoms with Crippen molar-refractivity contribution in [2.45, 2.75) is 12.7 Å². The van der Waals surface area contributed by atoms with Crippen LogP contribution in [0, 0.1) is 0 Å². The van der Waals surface area contributed by atoms with Gasteiger partial charge in [-0.2, -0.15) is 27.6 Å². The molecule has 2 aromatic rings. The number of anilines is 2. The zero-order valence-corrected chi connectivity index (χ0v) is 9.79. The summed E-state index contributed by atoms with van der Waals surface area (Å²) in [5.41, 5.74) is 6.00. The van der Waals surface area contributed by atoms with E-state index in [-0.39, 0.29) is 5.13 Å². The molecule has 3 N–H and O–H groups in total. The molecule has 10 heteroatoms. The van der Waals surface area contributed by atoms with Crippen molar-refractivity contribution in [2.24, 2.45) is 0 Å². The molecule has 0 amide bonds. The quantitative estimate of drug-likeness (QED) is 0.884. The highest BCUT2D eigenvalue weighted by Gasteiger charge is 2.36. The van der Waals surface area contributed by atoms with Crippen LogP contribution in [0.4, 0.5) is 24.0 Å². The van der Waals surface area contributed by atoms with Crippen LogP contribution in [0.2, 0.25) is 0 Å². The van der Waals surface area contributed by atoms with Crippen molar-refractivity contribution >= 4 is 22.4 Å². The average Bonchev–Trinajstić information content (AvgIpc) is 2.87. The summed E-state index contributed by atoms with van der Waals surface area (Å²) in [4.78, 5) is 3.33. The van der Waals surface area contributed by atoms with Crippen LogP contribution in [0.1, 0.15) is 5.82 Å². The topological polar surface area (TPSA) is 81.6 Å². The van der Waals surface area contributed by atoms with Crippen LogP contribution in [0.3, 0.4) is 0 Å². The van der Waals surface area contributed by atoms with E-state index < -0.39 is 12.0 Å². The Morgan fingerprint density at radius 1 is 1.44 bits per heavy atom. The lowest BCUT2D eigenvalue weighted by atomic mass is 10.6. The molecular weight excluding hydrogens is 269 g/mol. The number of alkyl halides is 3. The lowest BCUT2D eigenvalue weighted by Crippen LogP contribution is -2.11. The average molecular weight is 278 g/mol. The van der Waals surface area contributed by atoms with Crippen LogP contribution in [0.25, 0.3) is 0 Å². The van der Waals surface area contributed by atoms with Gasteiger partial charge in [0.05, 0.1) is 18.4 Å². The van der Waals surface area contributed by atoms with Crippen molar-refractivity contribution in [1.29, 1.82) is 0 Å². The first-order valence-corrected chi connectivity index (χ1v) is 5.65. The second-order valence-electron chi connectivity index (χ2n) is 3.38. The van der Waals surface area contributed by atoms with Crippen LogP contribution in [-0.2, 0) is 12.7 Å². The fourth-order valence-electron chi connectivity index (χ4n) is 1.19. The Kier molecular flexibility index (Phi) is 3.36. The van der Waals surface area contributed by atoms with E-state index >= 15 is 0 Å². The van der Waals surface area contributed by atoms with Crippen molar-refractivity contribution in [1.82, 2.24) is 19.1 Å². The highest BCUT2D eigenvalue weighted by atomic mass is 32.1. The molecule has 0 atom stereocenters. The standard InChI is InChI=1S/C8H9F3N6S/c9-8(10,11)6-15-7(18-16-6)13-1-2-17-4-5(12)3-14-17/h3-4H,1-2,12H2,(H,13,15,16). The third-order valence-corrected chi connectivity index (χ3v) is 2.62. The van der Waals surface area contributed by atoms with Crippen LogP contribution in [-0.4, -0.2) is 25.7 Å². The highest BCUT2D eigenvalue weighted by Crippen LogP contribution is 2.28. The predicted octanol–water partition coefficient (Wildman–Crippen LogP) is 1.45. The molecule has 2 aromatic heterocycles. The van der Waals surface area contributed by atoms with Gasteiger partial charge in [0.1, 0.15) is 0 Å². The number of hydrogen-bond acceptors (Lipinski definition) is 6. The molecule has 0 bridgehead atoms. The van der Waals surface area contributed by atoms with Gasteiger partial charge in [-0.25, -0.2) is 0 Å². The van der Waals surface area contributed by atoms with Gasteiger partial charge in [-0.05, 0) is 0 Å². The van der Waals surface area contributed by atoms with E-state index in [9.17, 15) is 13.2 Å². The highest BCUT2D eigenvalue weighted by molar-refractivity contribution is 7.09. The molecule has 0 aromatic carbocycles. The maximum Gasteiger partial charge on any atom is 0.452 e. The second-order valence-corrected chi connectivity index (χ2v) is 4.14. The lowest BCUT2D eigenvalue weighted by Gasteiger charge is -2.02. The number of rotatable bonds is 4. The second kappa shape index (κ2) is 4.80. The Balaban J connectivity index is 1.85. The normalized spacial score (nSPS) is 11.7. The summed E-state index contributed by atoms with van der Waals surface area (Å²) < 4.78 is 41.4. The van der Waals surface area contributed by atoms with Gasteiger partial charge in [0.2, 0.25) is 11.0 Å². The van der Waals surface area contributed by atoms with E-state index in [0.29, 0.717) is 30.3 Å². The zero-order chi connectivity index (χ0) is 13.2. The Morgan fingerprint density at radius 3 is 2.78 bits per heavy atom. The maximum absolute atomic E-state index is 12.2. The van der Waals surface area contributed by atoms with Crippen LogP contribution < -0.4 is 11.1 Å². The summed E-state index contributed by atoms with van der Waals surface area (Å²) in [6.45, 7) is 0.853. The zero-order valence-electron chi connectivity index (χ0n) is 8.98. The smallest absolute Gasteiger partial charge is 0.396 e. The number of nitrogens with one attached hydrogen (secondary N) is 1. The predicted molar refractivity (Wildman–Crippen MR) is 60.0 cm³/mol. The van der Waals surface area contributed by atoms with Gasteiger partial charge in [0.15, 0.2) is 0 Å². The van der Waals surface area contributed by atoms with Gasteiger partial charge in [-0.3, -0.25) is 4.68 Å². The molecule has 0 aliphatic heterocycles. The van der Waals surface area contributed by atoms with Crippen LogP contribution in [0.5, 0.6) is 0 Å². The molecule has 0 radical (unpaired) electrons. The monoisotopic (exact) mass is 278 g/mol. The van der Waals surface area contributed by atoms with E-state index in [1.807, 2.05) is 0 Å². The lowest BCUT2D eigenvalue weighted by molar-refractivity contribution is -0.144. The van der Waals surface area contributed by atoms with Gasteiger partial charge < -0.3 is 11.1 Å². The first-order valence-electron chi connectivity index (χ1n) is 4.88. The van der Waals surface area contributed by atoms with Crippen molar-refractivity contribution in [3.05, 3.63) is 18.2 Å². The Morgan fingerprint density at radius 2 is 2.22 bits per heavy atom. The molecular formula is C8H9F3N6S. The molecule has 2 rings (SSSR count). The number of hydrogen-bond donors (Lipinski definition) is 2. The fourth-order valence-corrected chi connectivity index (χ4v) is 1.80. The largest absolute Gasteiger partial charge is 0.452 e. The molecule has 0 fully saturated rings. The van der Waals surface area contributed by atoms with E-state index in [0.717, 1.165) is 0 Å². The molecule has 0 saturated heterocycles. The van der Waals surface area contributed by atoms with Gasteiger partial charge in [0.25, 0.3) is 0 Å². The SMILES string of the molecule is Nc1cnn(CCNc2nc(C(F)(F)F)ns2)c1. The number of aromatic nitrogens is 4. The molecule has 0 aliphatic carbocycles. The summed E-state index contributed by atoms with van der Waals surface area (Å²) in [5.74, 6) is -1.13. The van der Waals surface area contributed by atoms with Crippen molar-refractivity contribution in [3.63, 3.8) is 0 Å². The molecule has 0 saturated carbocycles. The van der Waals surface area contributed by atoms with Crippen LogP contribution in [0.15, 0.2) is 12.4 Å². The maximum atomic E-state index is 12.2. The third-order valence-electron chi connectivity index (χ3n) is 1.95. The third kappa shape index (κ3) is 3.09. The molecule has 0 spiro atoms. The van der Waals surface area contributed by atoms with E-state index in [4.69, 9.17) is 5.73 Å². The van der Waals surface area contributed by atoms with E-state index in [1.54, 1.807) is 10.9 Å². The van der Waals surface area contributed by atoms with Gasteiger partial charge in [-0.15, -0.1) is 0 Å². The fraction of sp³-hybridized carbons (Fsp3) is 0.375. The minimum Gasteiger partial charge on any atom is -0.396 e. The minimum absolute atomic E-state index is 0.127. The Bertz CT molecular complexity index is 519.